The monoisotopic (exact) mass is 321 g/mol. The summed E-state index contributed by atoms with van der Waals surface area (Å²) in [5, 5.41) is 18.7. The quantitative estimate of drug-likeness (QED) is 0.741. The van der Waals surface area contributed by atoms with Crippen molar-refractivity contribution < 1.29 is 28.2 Å². The highest BCUT2D eigenvalue weighted by Gasteiger charge is 2.45. The van der Waals surface area contributed by atoms with Gasteiger partial charge in [0.05, 0.1) is 16.8 Å². The second-order valence-corrected chi connectivity index (χ2v) is 8.31. The lowest BCUT2D eigenvalue weighted by molar-refractivity contribution is -0.141. The van der Waals surface area contributed by atoms with Crippen LogP contribution in [0.4, 0.5) is 0 Å². The first kappa shape index (κ1) is 16.7. The number of carboxylic acids is 1. The van der Waals surface area contributed by atoms with E-state index in [2.05, 4.69) is 0 Å². The summed E-state index contributed by atoms with van der Waals surface area (Å²) in [5.41, 5.74) is -1.09. The summed E-state index contributed by atoms with van der Waals surface area (Å²) in [6, 6.07) is 0. The van der Waals surface area contributed by atoms with Crippen LogP contribution in [-0.4, -0.2) is 66.6 Å². The molecule has 0 amide bonds. The highest BCUT2D eigenvalue weighted by molar-refractivity contribution is 7.89. The molecule has 2 rings (SSSR count). The van der Waals surface area contributed by atoms with E-state index in [0.717, 1.165) is 4.31 Å². The van der Waals surface area contributed by atoms with E-state index in [0.29, 0.717) is 45.3 Å². The third-order valence-corrected chi connectivity index (χ3v) is 6.85. The van der Waals surface area contributed by atoms with Crippen LogP contribution in [0.1, 0.15) is 32.1 Å². The lowest BCUT2D eigenvalue weighted by Gasteiger charge is -2.36. The molecule has 122 valence electrons. The van der Waals surface area contributed by atoms with Crippen LogP contribution in [-0.2, 0) is 19.6 Å². The number of sulfonamides is 1. The topological polar surface area (TPSA) is 104 Å². The zero-order valence-electron chi connectivity index (χ0n) is 12.2. The summed E-state index contributed by atoms with van der Waals surface area (Å²) in [4.78, 5) is 11.2. The van der Waals surface area contributed by atoms with Gasteiger partial charge in [-0.15, -0.1) is 0 Å². The molecule has 0 aromatic heterocycles. The molecule has 1 saturated carbocycles. The molecule has 0 spiro atoms. The van der Waals surface area contributed by atoms with Crippen LogP contribution >= 0.6 is 0 Å². The molecule has 2 N–H and O–H groups in total. The van der Waals surface area contributed by atoms with E-state index in [4.69, 9.17) is 9.84 Å². The predicted molar refractivity (Wildman–Crippen MR) is 75.3 cm³/mol. The Bertz CT molecular complexity index is 485. The van der Waals surface area contributed by atoms with Crippen LogP contribution in [0.5, 0.6) is 0 Å². The van der Waals surface area contributed by atoms with Crippen molar-refractivity contribution in [2.75, 3.05) is 26.8 Å². The summed E-state index contributed by atoms with van der Waals surface area (Å²) in [7, 11) is -2.30. The van der Waals surface area contributed by atoms with Gasteiger partial charge in [0.2, 0.25) is 10.0 Å². The first-order valence-corrected chi connectivity index (χ1v) is 8.75. The van der Waals surface area contributed by atoms with E-state index in [1.807, 2.05) is 0 Å². The van der Waals surface area contributed by atoms with Gasteiger partial charge in [-0.25, -0.2) is 12.7 Å². The number of carbonyl (C=O) groups is 1. The zero-order chi connectivity index (χ0) is 15.7. The number of aliphatic hydroxyl groups is 1. The van der Waals surface area contributed by atoms with Crippen molar-refractivity contribution in [1.29, 1.82) is 0 Å². The van der Waals surface area contributed by atoms with Crippen molar-refractivity contribution in [1.82, 2.24) is 4.31 Å². The fourth-order valence-electron chi connectivity index (χ4n) is 3.21. The Labute approximate surface area is 124 Å². The van der Waals surface area contributed by atoms with Crippen molar-refractivity contribution in [2.45, 2.75) is 43.0 Å². The molecule has 0 bridgehead atoms. The van der Waals surface area contributed by atoms with Crippen LogP contribution in [0.25, 0.3) is 0 Å². The number of hydrogen-bond acceptors (Lipinski definition) is 5. The predicted octanol–water partition coefficient (Wildman–Crippen LogP) is 0.0428. The molecular formula is C13H23NO6S. The number of hydrogen-bond donors (Lipinski definition) is 2. The Kier molecular flexibility index (Phi) is 4.92. The van der Waals surface area contributed by atoms with E-state index >= 15 is 0 Å². The van der Waals surface area contributed by atoms with Crippen molar-refractivity contribution in [2.24, 2.45) is 5.92 Å². The van der Waals surface area contributed by atoms with Crippen LogP contribution in [0.15, 0.2) is 0 Å². The maximum atomic E-state index is 12.6. The summed E-state index contributed by atoms with van der Waals surface area (Å²) >= 11 is 0. The van der Waals surface area contributed by atoms with E-state index in [1.54, 1.807) is 0 Å². The van der Waals surface area contributed by atoms with E-state index in [9.17, 15) is 18.3 Å². The molecule has 0 radical (unpaired) electrons. The zero-order valence-corrected chi connectivity index (χ0v) is 13.0. The molecule has 2 aliphatic rings. The lowest BCUT2D eigenvalue weighted by Crippen LogP contribution is -2.50. The van der Waals surface area contributed by atoms with Gasteiger partial charge in [0.1, 0.15) is 0 Å². The largest absolute Gasteiger partial charge is 0.481 e. The van der Waals surface area contributed by atoms with Gasteiger partial charge in [0, 0.05) is 39.6 Å². The molecule has 2 atom stereocenters. The molecule has 2 fully saturated rings. The Balaban J connectivity index is 2.09. The van der Waals surface area contributed by atoms with Gasteiger partial charge in [0.15, 0.2) is 0 Å². The molecule has 8 heteroatoms. The minimum absolute atomic E-state index is 0.0124. The average Bonchev–Trinajstić information content (AvgIpc) is 2.88. The Morgan fingerprint density at radius 3 is 2.52 bits per heavy atom. The lowest BCUT2D eigenvalue weighted by atomic mass is 9.95. The third kappa shape index (κ3) is 3.56. The second-order valence-electron chi connectivity index (χ2n) is 6.05. The molecule has 7 nitrogen and oxygen atoms in total. The number of likely N-dealkylation sites (N-methyl/N-ethyl adjacent to an activating group) is 1. The molecule has 1 aliphatic carbocycles. The van der Waals surface area contributed by atoms with E-state index in [1.165, 1.54) is 7.05 Å². The van der Waals surface area contributed by atoms with Crippen molar-refractivity contribution >= 4 is 16.0 Å². The van der Waals surface area contributed by atoms with Gasteiger partial charge in [-0.2, -0.15) is 0 Å². The highest BCUT2D eigenvalue weighted by Crippen LogP contribution is 2.33. The number of rotatable bonds is 5. The van der Waals surface area contributed by atoms with Crippen LogP contribution in [0.3, 0.4) is 0 Å². The third-order valence-electron chi connectivity index (χ3n) is 4.53. The highest BCUT2D eigenvalue weighted by atomic mass is 32.2. The Morgan fingerprint density at radius 1 is 1.33 bits per heavy atom. The first-order chi connectivity index (χ1) is 9.76. The summed E-state index contributed by atoms with van der Waals surface area (Å²) in [6.45, 7) is 0.804. The first-order valence-electron chi connectivity index (χ1n) is 7.24. The smallest absolute Gasteiger partial charge is 0.307 e. The van der Waals surface area contributed by atoms with Crippen LogP contribution in [0.2, 0.25) is 0 Å². The van der Waals surface area contributed by atoms with Gasteiger partial charge in [-0.1, -0.05) is 6.42 Å². The normalized spacial score (nSPS) is 29.7. The maximum Gasteiger partial charge on any atom is 0.307 e. The maximum absolute atomic E-state index is 12.6. The molecule has 1 aliphatic heterocycles. The number of aliphatic carboxylic acids is 1. The molecule has 0 aromatic rings. The van der Waals surface area contributed by atoms with Gasteiger partial charge >= 0.3 is 5.97 Å². The number of nitrogens with zero attached hydrogens (tertiary/aromatic N) is 1. The fraction of sp³-hybridized carbons (Fsp3) is 0.923. The van der Waals surface area contributed by atoms with Crippen LogP contribution in [0, 0.1) is 5.92 Å². The van der Waals surface area contributed by atoms with Crippen LogP contribution < -0.4 is 0 Å². The molecular weight excluding hydrogens is 298 g/mol. The van der Waals surface area contributed by atoms with E-state index in [-0.39, 0.29) is 6.54 Å². The molecule has 2 unspecified atom stereocenters. The summed E-state index contributed by atoms with van der Waals surface area (Å²) in [5.74, 6) is -1.90. The SMILES string of the molecule is CN(CC1(O)CCOCC1)S(=O)(=O)C1CCCC1C(=O)O. The summed E-state index contributed by atoms with van der Waals surface area (Å²) < 4.78 is 31.5. The minimum atomic E-state index is -3.72. The number of carboxylic acid groups (broad SMARTS) is 1. The summed E-state index contributed by atoms with van der Waals surface area (Å²) in [6.07, 6.45) is 2.14. The fourth-order valence-corrected chi connectivity index (χ4v) is 5.22. The van der Waals surface area contributed by atoms with Gasteiger partial charge in [-0.3, -0.25) is 4.79 Å². The van der Waals surface area contributed by atoms with Gasteiger partial charge in [-0.05, 0) is 12.8 Å². The Hall–Kier alpha value is -0.700. The molecule has 0 aromatic carbocycles. The second kappa shape index (κ2) is 6.20. The van der Waals surface area contributed by atoms with Crippen molar-refractivity contribution in [3.8, 4) is 0 Å². The standard InChI is InChI=1S/C13H23NO6S/c1-14(9-13(17)5-7-20-8-6-13)21(18,19)11-4-2-3-10(11)12(15)16/h10-11,17H,2-9H2,1H3,(H,15,16). The molecule has 1 heterocycles. The number of ether oxygens (including phenoxy) is 1. The molecule has 21 heavy (non-hydrogen) atoms. The van der Waals surface area contributed by atoms with Crippen molar-refractivity contribution in [3.05, 3.63) is 0 Å². The molecule has 1 saturated heterocycles. The van der Waals surface area contributed by atoms with Crippen molar-refractivity contribution in [3.63, 3.8) is 0 Å². The Morgan fingerprint density at radius 2 is 1.95 bits per heavy atom. The minimum Gasteiger partial charge on any atom is -0.481 e. The van der Waals surface area contributed by atoms with Gasteiger partial charge < -0.3 is 14.9 Å². The average molecular weight is 321 g/mol. The van der Waals surface area contributed by atoms with Gasteiger partial charge in [0.25, 0.3) is 0 Å². The van der Waals surface area contributed by atoms with E-state index < -0.39 is 32.8 Å².